The Balaban J connectivity index is 1.53. The summed E-state index contributed by atoms with van der Waals surface area (Å²) in [6, 6.07) is 28.2. The van der Waals surface area contributed by atoms with Gasteiger partial charge in [0, 0.05) is 17.7 Å². The second-order valence-electron chi connectivity index (χ2n) is 8.28. The van der Waals surface area contributed by atoms with Gasteiger partial charge in [-0.3, -0.25) is 9.89 Å². The molecule has 1 atom stereocenters. The fourth-order valence-corrected chi connectivity index (χ4v) is 4.45. The van der Waals surface area contributed by atoms with Crippen LogP contribution in [0.4, 0.5) is 0 Å². The van der Waals surface area contributed by atoms with Crippen LogP contribution >= 0.6 is 0 Å². The molecular weight excluding hydrogens is 410 g/mol. The summed E-state index contributed by atoms with van der Waals surface area (Å²) in [4.78, 5) is 15.4. The fourth-order valence-electron chi connectivity index (χ4n) is 4.45. The summed E-state index contributed by atoms with van der Waals surface area (Å²) in [5.41, 5.74) is 5.62. The van der Waals surface area contributed by atoms with Gasteiger partial charge in [-0.05, 0) is 36.1 Å². The average molecular weight is 438 g/mol. The second-order valence-corrected chi connectivity index (χ2v) is 8.28. The number of aromatic amines is 1. The smallest absolute Gasteiger partial charge is 0.273 e. The largest absolute Gasteiger partial charge is 0.494 e. The summed E-state index contributed by atoms with van der Waals surface area (Å²) in [5.74, 6) is 0.836. The molecule has 0 saturated heterocycles. The Labute approximate surface area is 194 Å². The maximum absolute atomic E-state index is 13.5. The summed E-state index contributed by atoms with van der Waals surface area (Å²) >= 11 is 0. The van der Waals surface area contributed by atoms with Gasteiger partial charge in [-0.1, -0.05) is 79.7 Å². The number of hydrogen-bond donors (Lipinski definition) is 1. The number of carbonyl (C=O) groups is 1. The maximum Gasteiger partial charge on any atom is 0.273 e. The first-order valence-corrected chi connectivity index (χ1v) is 11.5. The molecule has 1 amide bonds. The van der Waals surface area contributed by atoms with E-state index in [1.165, 1.54) is 5.56 Å². The molecule has 166 valence electrons. The van der Waals surface area contributed by atoms with Gasteiger partial charge in [0.25, 0.3) is 5.91 Å². The highest BCUT2D eigenvalue weighted by Gasteiger charge is 2.41. The van der Waals surface area contributed by atoms with E-state index in [-0.39, 0.29) is 11.9 Å². The highest BCUT2D eigenvalue weighted by Crippen LogP contribution is 2.43. The van der Waals surface area contributed by atoms with E-state index in [0.29, 0.717) is 18.8 Å². The Hall–Kier alpha value is -3.86. The van der Waals surface area contributed by atoms with Gasteiger partial charge >= 0.3 is 0 Å². The zero-order valence-corrected chi connectivity index (χ0v) is 18.7. The van der Waals surface area contributed by atoms with Crippen LogP contribution in [0.3, 0.4) is 0 Å². The van der Waals surface area contributed by atoms with E-state index in [4.69, 9.17) is 4.74 Å². The number of fused-ring (bicyclic) bond motifs is 1. The lowest BCUT2D eigenvalue weighted by Gasteiger charge is -2.26. The third-order valence-corrected chi connectivity index (χ3v) is 6.06. The summed E-state index contributed by atoms with van der Waals surface area (Å²) in [7, 11) is 0. The molecular formula is C28H27N3O2. The van der Waals surface area contributed by atoms with Crippen LogP contribution in [-0.2, 0) is 6.42 Å². The van der Waals surface area contributed by atoms with Gasteiger partial charge in [0.05, 0.1) is 18.3 Å². The zero-order chi connectivity index (χ0) is 22.6. The normalized spacial score (nSPS) is 15.0. The standard InChI is InChI=1S/C28H27N3O2/c1-2-19-33-23-15-13-22(14-16-23)27-24-25(21-11-7-4-8-12-21)29-30-26(24)28(32)31(27)18-17-20-9-5-3-6-10-20/h3-16,27H,2,17-19H2,1H3,(H,29,30). The predicted molar refractivity (Wildman–Crippen MR) is 129 cm³/mol. The number of aromatic nitrogens is 2. The number of nitrogens with one attached hydrogen (secondary N) is 1. The minimum atomic E-state index is -0.203. The Bertz CT molecular complexity index is 1220. The lowest BCUT2D eigenvalue weighted by molar-refractivity contribution is 0.0746. The first-order chi connectivity index (χ1) is 16.3. The summed E-state index contributed by atoms with van der Waals surface area (Å²) in [5, 5.41) is 7.58. The fraction of sp³-hybridized carbons (Fsp3) is 0.214. The molecule has 1 N–H and O–H groups in total. The van der Waals surface area contributed by atoms with E-state index >= 15 is 0 Å². The Morgan fingerprint density at radius 2 is 1.64 bits per heavy atom. The van der Waals surface area contributed by atoms with Crippen LogP contribution in [0.25, 0.3) is 11.3 Å². The van der Waals surface area contributed by atoms with Crippen molar-refractivity contribution in [2.75, 3.05) is 13.2 Å². The van der Waals surface area contributed by atoms with Gasteiger partial charge in [0.15, 0.2) is 0 Å². The SMILES string of the molecule is CCCOc1ccc(C2c3c(-c4ccccc4)n[nH]c3C(=O)N2CCc2ccccc2)cc1. The molecule has 33 heavy (non-hydrogen) atoms. The minimum Gasteiger partial charge on any atom is -0.494 e. The van der Waals surface area contributed by atoms with Crippen molar-refractivity contribution in [1.29, 1.82) is 0 Å². The highest BCUT2D eigenvalue weighted by molar-refractivity contribution is 6.00. The van der Waals surface area contributed by atoms with E-state index in [9.17, 15) is 4.79 Å². The quantitative estimate of drug-likeness (QED) is 0.387. The van der Waals surface area contributed by atoms with E-state index in [2.05, 4.69) is 41.4 Å². The Morgan fingerprint density at radius 1 is 0.939 bits per heavy atom. The van der Waals surface area contributed by atoms with Crippen molar-refractivity contribution >= 4 is 5.91 Å². The van der Waals surface area contributed by atoms with Gasteiger partial charge < -0.3 is 9.64 Å². The van der Waals surface area contributed by atoms with Gasteiger partial charge in [-0.2, -0.15) is 5.10 Å². The first kappa shape index (κ1) is 21.0. The third kappa shape index (κ3) is 4.14. The number of nitrogens with zero attached hydrogens (tertiary/aromatic N) is 2. The van der Waals surface area contributed by atoms with Crippen LogP contribution in [0.15, 0.2) is 84.9 Å². The van der Waals surface area contributed by atoms with E-state index < -0.39 is 0 Å². The van der Waals surface area contributed by atoms with Crippen LogP contribution < -0.4 is 4.74 Å². The average Bonchev–Trinajstić information content (AvgIpc) is 3.42. The summed E-state index contributed by atoms with van der Waals surface area (Å²) in [6.07, 6.45) is 1.75. The lowest BCUT2D eigenvalue weighted by atomic mass is 9.96. The molecule has 5 heteroatoms. The van der Waals surface area contributed by atoms with E-state index in [0.717, 1.165) is 41.0 Å². The molecule has 0 bridgehead atoms. The van der Waals surface area contributed by atoms with Crippen molar-refractivity contribution in [3.8, 4) is 17.0 Å². The van der Waals surface area contributed by atoms with E-state index in [1.807, 2.05) is 65.6 Å². The molecule has 1 aromatic heterocycles. The number of hydrogen-bond acceptors (Lipinski definition) is 3. The number of rotatable bonds is 8. The molecule has 3 aromatic carbocycles. The molecule has 5 nitrogen and oxygen atoms in total. The third-order valence-electron chi connectivity index (χ3n) is 6.06. The van der Waals surface area contributed by atoms with Gasteiger partial charge in [-0.25, -0.2) is 0 Å². The van der Waals surface area contributed by atoms with Crippen molar-refractivity contribution in [3.63, 3.8) is 0 Å². The minimum absolute atomic E-state index is 0.00748. The van der Waals surface area contributed by atoms with Crippen LogP contribution in [0.2, 0.25) is 0 Å². The number of amides is 1. The molecule has 0 fully saturated rings. The first-order valence-electron chi connectivity index (χ1n) is 11.5. The second kappa shape index (κ2) is 9.33. The van der Waals surface area contributed by atoms with Crippen molar-refractivity contribution in [1.82, 2.24) is 15.1 Å². The summed E-state index contributed by atoms with van der Waals surface area (Å²) < 4.78 is 5.77. The predicted octanol–water partition coefficient (Wildman–Crippen LogP) is 5.65. The number of H-pyrrole nitrogens is 1. The highest BCUT2D eigenvalue weighted by atomic mass is 16.5. The van der Waals surface area contributed by atoms with Crippen LogP contribution in [-0.4, -0.2) is 34.2 Å². The molecule has 0 radical (unpaired) electrons. The monoisotopic (exact) mass is 437 g/mol. The Morgan fingerprint density at radius 3 is 2.33 bits per heavy atom. The number of ether oxygens (including phenoxy) is 1. The molecule has 5 rings (SSSR count). The zero-order valence-electron chi connectivity index (χ0n) is 18.7. The molecule has 1 aliphatic rings. The van der Waals surface area contributed by atoms with Gasteiger partial charge in [-0.15, -0.1) is 0 Å². The van der Waals surface area contributed by atoms with Crippen molar-refractivity contribution in [2.45, 2.75) is 25.8 Å². The summed E-state index contributed by atoms with van der Waals surface area (Å²) in [6.45, 7) is 3.40. The van der Waals surface area contributed by atoms with Crippen molar-refractivity contribution in [3.05, 3.63) is 107 Å². The molecule has 0 spiro atoms. The van der Waals surface area contributed by atoms with Crippen molar-refractivity contribution in [2.24, 2.45) is 0 Å². The molecule has 2 heterocycles. The molecule has 4 aromatic rings. The van der Waals surface area contributed by atoms with Crippen molar-refractivity contribution < 1.29 is 9.53 Å². The number of benzene rings is 3. The van der Waals surface area contributed by atoms with Crippen LogP contribution in [0, 0.1) is 0 Å². The molecule has 0 saturated carbocycles. The van der Waals surface area contributed by atoms with Crippen LogP contribution in [0.1, 0.15) is 46.6 Å². The maximum atomic E-state index is 13.5. The Kier molecular flexibility index (Phi) is 5.94. The van der Waals surface area contributed by atoms with Gasteiger partial charge in [0.1, 0.15) is 11.4 Å². The van der Waals surface area contributed by atoms with E-state index in [1.54, 1.807) is 0 Å². The topological polar surface area (TPSA) is 58.2 Å². The van der Waals surface area contributed by atoms with Crippen LogP contribution in [0.5, 0.6) is 5.75 Å². The van der Waals surface area contributed by atoms with Gasteiger partial charge in [0.2, 0.25) is 0 Å². The molecule has 1 unspecified atom stereocenters. The number of carbonyl (C=O) groups excluding carboxylic acids is 1. The lowest BCUT2D eigenvalue weighted by Crippen LogP contribution is -2.31. The molecule has 0 aliphatic carbocycles. The molecule has 1 aliphatic heterocycles.